The van der Waals surface area contributed by atoms with E-state index in [4.69, 9.17) is 9.84 Å². The third-order valence-electron chi connectivity index (χ3n) is 1.61. The smallest absolute Gasteiger partial charge is 0.119 e. The molecule has 13 heavy (non-hydrogen) atoms. The van der Waals surface area contributed by atoms with Crippen molar-refractivity contribution in [1.29, 1.82) is 0 Å². The molecule has 0 radical (unpaired) electrons. The summed E-state index contributed by atoms with van der Waals surface area (Å²) in [6.07, 6.45) is 3.60. The lowest BCUT2D eigenvalue weighted by atomic mass is 10.2. The van der Waals surface area contributed by atoms with Gasteiger partial charge < -0.3 is 9.84 Å². The van der Waals surface area contributed by atoms with Gasteiger partial charge in [0, 0.05) is 3.57 Å². The van der Waals surface area contributed by atoms with Gasteiger partial charge in [0.1, 0.15) is 5.75 Å². The number of rotatable bonds is 3. The summed E-state index contributed by atoms with van der Waals surface area (Å²) in [5.74, 6) is 0.852. The molecule has 0 unspecified atom stereocenters. The number of methoxy groups -OCH3 is 1. The van der Waals surface area contributed by atoms with Gasteiger partial charge in [-0.2, -0.15) is 0 Å². The van der Waals surface area contributed by atoms with Gasteiger partial charge in [-0.3, -0.25) is 0 Å². The number of benzene rings is 1. The van der Waals surface area contributed by atoms with Crippen LogP contribution < -0.4 is 4.74 Å². The maximum absolute atomic E-state index is 8.61. The lowest BCUT2D eigenvalue weighted by Crippen LogP contribution is -1.86. The van der Waals surface area contributed by atoms with Crippen molar-refractivity contribution in [2.24, 2.45) is 0 Å². The molecule has 1 aromatic rings. The number of aliphatic hydroxyl groups excluding tert-OH is 1. The van der Waals surface area contributed by atoms with Gasteiger partial charge in [0.15, 0.2) is 0 Å². The zero-order valence-corrected chi connectivity index (χ0v) is 9.48. The Bertz CT molecular complexity index is 308. The third kappa shape index (κ3) is 3.00. The Morgan fingerprint density at radius 3 is 2.85 bits per heavy atom. The Morgan fingerprint density at radius 2 is 2.31 bits per heavy atom. The summed E-state index contributed by atoms with van der Waals surface area (Å²) in [6.45, 7) is 0.0715. The van der Waals surface area contributed by atoms with E-state index in [-0.39, 0.29) is 6.61 Å². The summed E-state index contributed by atoms with van der Waals surface area (Å²) in [6, 6.07) is 5.82. The highest BCUT2D eigenvalue weighted by Gasteiger charge is 1.97. The molecule has 2 nitrogen and oxygen atoms in total. The molecule has 0 aliphatic carbocycles. The highest BCUT2D eigenvalue weighted by Crippen LogP contribution is 2.20. The van der Waals surface area contributed by atoms with Crippen LogP contribution in [-0.4, -0.2) is 18.8 Å². The highest BCUT2D eigenvalue weighted by molar-refractivity contribution is 14.1. The van der Waals surface area contributed by atoms with Crippen molar-refractivity contribution in [3.05, 3.63) is 33.4 Å². The van der Waals surface area contributed by atoms with Gasteiger partial charge in [-0.15, -0.1) is 0 Å². The van der Waals surface area contributed by atoms with Crippen LogP contribution in [0.15, 0.2) is 24.3 Å². The van der Waals surface area contributed by atoms with E-state index in [1.54, 1.807) is 13.2 Å². The van der Waals surface area contributed by atoms with Crippen molar-refractivity contribution in [3.63, 3.8) is 0 Å². The van der Waals surface area contributed by atoms with Crippen molar-refractivity contribution in [2.75, 3.05) is 13.7 Å². The minimum absolute atomic E-state index is 0.0715. The van der Waals surface area contributed by atoms with E-state index in [2.05, 4.69) is 22.6 Å². The second-order valence-electron chi connectivity index (χ2n) is 2.47. The van der Waals surface area contributed by atoms with Crippen LogP contribution in [0.1, 0.15) is 5.56 Å². The summed E-state index contributed by atoms with van der Waals surface area (Å²) in [5, 5.41) is 8.61. The summed E-state index contributed by atoms with van der Waals surface area (Å²) in [5.41, 5.74) is 1.09. The van der Waals surface area contributed by atoms with Crippen molar-refractivity contribution in [3.8, 4) is 5.75 Å². The molecule has 0 saturated carbocycles. The van der Waals surface area contributed by atoms with Crippen LogP contribution in [0.3, 0.4) is 0 Å². The van der Waals surface area contributed by atoms with Crippen LogP contribution in [0.4, 0.5) is 0 Å². The molecule has 70 valence electrons. The summed E-state index contributed by atoms with van der Waals surface area (Å²) in [7, 11) is 1.65. The molecule has 0 saturated heterocycles. The summed E-state index contributed by atoms with van der Waals surface area (Å²) < 4.78 is 6.19. The summed E-state index contributed by atoms with van der Waals surface area (Å²) in [4.78, 5) is 0. The molecule has 0 amide bonds. The lowest BCUT2D eigenvalue weighted by molar-refractivity contribution is 0.343. The van der Waals surface area contributed by atoms with Crippen molar-refractivity contribution < 1.29 is 9.84 Å². The van der Waals surface area contributed by atoms with Gasteiger partial charge in [-0.1, -0.05) is 18.2 Å². The molecule has 1 rings (SSSR count). The van der Waals surface area contributed by atoms with E-state index in [1.807, 2.05) is 24.3 Å². The third-order valence-corrected chi connectivity index (χ3v) is 2.54. The average Bonchev–Trinajstić information content (AvgIpc) is 2.16. The van der Waals surface area contributed by atoms with E-state index in [9.17, 15) is 0 Å². The minimum atomic E-state index is 0.0715. The Kier molecular flexibility index (Phi) is 4.24. The first kappa shape index (κ1) is 10.5. The largest absolute Gasteiger partial charge is 0.497 e. The SMILES string of the molecule is COc1ccc(C=CCO)c(I)c1. The quantitative estimate of drug-likeness (QED) is 0.866. The molecule has 0 aliphatic rings. The van der Waals surface area contributed by atoms with E-state index in [0.717, 1.165) is 14.9 Å². The van der Waals surface area contributed by atoms with Crippen LogP contribution in [0.2, 0.25) is 0 Å². The molecule has 0 spiro atoms. The zero-order chi connectivity index (χ0) is 9.68. The van der Waals surface area contributed by atoms with Crippen LogP contribution in [0, 0.1) is 3.57 Å². The van der Waals surface area contributed by atoms with Gasteiger partial charge in [-0.25, -0.2) is 0 Å². The molecule has 3 heteroatoms. The van der Waals surface area contributed by atoms with Gasteiger partial charge in [-0.05, 0) is 40.3 Å². The monoisotopic (exact) mass is 290 g/mol. The maximum Gasteiger partial charge on any atom is 0.119 e. The first-order valence-corrected chi connectivity index (χ1v) is 4.96. The molecule has 0 atom stereocenters. The second kappa shape index (κ2) is 5.24. The van der Waals surface area contributed by atoms with Crippen LogP contribution in [0.5, 0.6) is 5.75 Å². The fourth-order valence-corrected chi connectivity index (χ4v) is 1.62. The Balaban J connectivity index is 2.91. The summed E-state index contributed by atoms with van der Waals surface area (Å²) >= 11 is 2.24. The molecule has 0 aliphatic heterocycles. The molecule has 1 N–H and O–H groups in total. The van der Waals surface area contributed by atoms with Gasteiger partial charge in [0.2, 0.25) is 0 Å². The van der Waals surface area contributed by atoms with Crippen molar-refractivity contribution in [1.82, 2.24) is 0 Å². The number of hydrogen-bond donors (Lipinski definition) is 1. The Hall–Kier alpha value is -0.550. The first-order valence-electron chi connectivity index (χ1n) is 3.89. The van der Waals surface area contributed by atoms with Gasteiger partial charge in [0.05, 0.1) is 13.7 Å². The fraction of sp³-hybridized carbons (Fsp3) is 0.200. The zero-order valence-electron chi connectivity index (χ0n) is 7.33. The normalized spacial score (nSPS) is 10.7. The molecule has 1 aromatic carbocycles. The van der Waals surface area contributed by atoms with E-state index in [1.165, 1.54) is 0 Å². The standard InChI is InChI=1S/C10H11IO2/c1-13-9-5-4-8(3-2-6-12)10(11)7-9/h2-5,7,12H,6H2,1H3. The number of ether oxygens (including phenoxy) is 1. The van der Waals surface area contributed by atoms with Crippen molar-refractivity contribution in [2.45, 2.75) is 0 Å². The van der Waals surface area contributed by atoms with Crippen LogP contribution >= 0.6 is 22.6 Å². The topological polar surface area (TPSA) is 29.5 Å². The maximum atomic E-state index is 8.61. The number of halogens is 1. The number of hydrogen-bond acceptors (Lipinski definition) is 2. The molecule has 0 fully saturated rings. The van der Waals surface area contributed by atoms with E-state index >= 15 is 0 Å². The number of aliphatic hydroxyl groups is 1. The molecular formula is C10H11IO2. The molecule has 0 heterocycles. The second-order valence-corrected chi connectivity index (χ2v) is 3.63. The fourth-order valence-electron chi connectivity index (χ4n) is 0.950. The lowest BCUT2D eigenvalue weighted by Gasteiger charge is -2.02. The molecule has 0 bridgehead atoms. The predicted octanol–water partition coefficient (Wildman–Crippen LogP) is 2.31. The van der Waals surface area contributed by atoms with E-state index in [0.29, 0.717) is 0 Å². The van der Waals surface area contributed by atoms with Crippen LogP contribution in [-0.2, 0) is 0 Å². The van der Waals surface area contributed by atoms with Crippen LogP contribution in [0.25, 0.3) is 6.08 Å². The molecule has 0 aromatic heterocycles. The van der Waals surface area contributed by atoms with E-state index < -0.39 is 0 Å². The average molecular weight is 290 g/mol. The predicted molar refractivity (Wildman–Crippen MR) is 61.8 cm³/mol. The van der Waals surface area contributed by atoms with Crippen molar-refractivity contribution >= 4 is 28.7 Å². The first-order chi connectivity index (χ1) is 6.27. The Labute approximate surface area is 91.4 Å². The van der Waals surface area contributed by atoms with Gasteiger partial charge in [0.25, 0.3) is 0 Å². The highest BCUT2D eigenvalue weighted by atomic mass is 127. The molecular weight excluding hydrogens is 279 g/mol. The Morgan fingerprint density at radius 1 is 1.54 bits per heavy atom. The minimum Gasteiger partial charge on any atom is -0.497 e. The van der Waals surface area contributed by atoms with Gasteiger partial charge >= 0.3 is 0 Å².